The molecule has 0 spiro atoms. The molecule has 2 aromatic rings. The van der Waals surface area contributed by atoms with Gasteiger partial charge in [0.25, 0.3) is 5.56 Å². The van der Waals surface area contributed by atoms with Crippen LogP contribution in [-0.2, 0) is 16.1 Å². The van der Waals surface area contributed by atoms with E-state index in [0.29, 0.717) is 23.9 Å². The first-order valence-corrected chi connectivity index (χ1v) is 8.22. The molecule has 1 aromatic carbocycles. The van der Waals surface area contributed by atoms with Crippen molar-refractivity contribution in [2.45, 2.75) is 18.9 Å². The fourth-order valence-electron chi connectivity index (χ4n) is 2.77. The van der Waals surface area contributed by atoms with Gasteiger partial charge in [-0.1, -0.05) is 23.7 Å². The monoisotopic (exact) mass is 346 g/mol. The highest BCUT2D eigenvalue weighted by Crippen LogP contribution is 2.48. The molecule has 24 heavy (non-hydrogen) atoms. The molecule has 0 saturated heterocycles. The summed E-state index contributed by atoms with van der Waals surface area (Å²) < 4.78 is 6.52. The molecule has 5 nitrogen and oxygen atoms in total. The molecular formula is C18H19ClN2O3. The number of ether oxygens (including phenoxy) is 1. The number of hydrogen-bond acceptors (Lipinski definition) is 3. The van der Waals surface area contributed by atoms with Crippen LogP contribution in [0.4, 0.5) is 5.69 Å². The largest absolute Gasteiger partial charge is 0.383 e. The number of carbonyl (C=O) groups is 1. The van der Waals surface area contributed by atoms with Gasteiger partial charge in [0, 0.05) is 36.9 Å². The molecule has 3 rings (SSSR count). The minimum atomic E-state index is -0.115. The third-order valence-electron chi connectivity index (χ3n) is 4.21. The van der Waals surface area contributed by atoms with Gasteiger partial charge < -0.3 is 14.6 Å². The first kappa shape index (κ1) is 16.7. The number of anilines is 1. The van der Waals surface area contributed by atoms with Crippen LogP contribution < -0.4 is 10.9 Å². The molecule has 1 saturated carbocycles. The van der Waals surface area contributed by atoms with E-state index in [0.717, 1.165) is 12.0 Å². The van der Waals surface area contributed by atoms with Crippen molar-refractivity contribution in [1.29, 1.82) is 0 Å². The first-order valence-electron chi connectivity index (χ1n) is 7.84. The van der Waals surface area contributed by atoms with Crippen molar-refractivity contribution in [3.63, 3.8) is 0 Å². The second kappa shape index (κ2) is 7.20. The minimum Gasteiger partial charge on any atom is -0.383 e. The van der Waals surface area contributed by atoms with Crippen molar-refractivity contribution in [2.24, 2.45) is 5.92 Å². The maximum atomic E-state index is 12.4. The van der Waals surface area contributed by atoms with Gasteiger partial charge in [0.05, 0.1) is 12.3 Å². The second-order valence-electron chi connectivity index (χ2n) is 5.93. The Morgan fingerprint density at radius 2 is 2.04 bits per heavy atom. The number of pyridine rings is 1. The van der Waals surface area contributed by atoms with Gasteiger partial charge in [-0.3, -0.25) is 9.59 Å². The van der Waals surface area contributed by atoms with E-state index in [2.05, 4.69) is 5.32 Å². The molecule has 1 aromatic heterocycles. The molecule has 1 heterocycles. The summed E-state index contributed by atoms with van der Waals surface area (Å²) in [6.45, 7) is 0.897. The van der Waals surface area contributed by atoms with Crippen LogP contribution in [-0.4, -0.2) is 24.2 Å². The second-order valence-corrected chi connectivity index (χ2v) is 6.37. The molecule has 0 aliphatic heterocycles. The van der Waals surface area contributed by atoms with Crippen LogP contribution in [0.5, 0.6) is 0 Å². The van der Waals surface area contributed by atoms with Gasteiger partial charge in [-0.15, -0.1) is 0 Å². The molecule has 0 radical (unpaired) electrons. The molecule has 2 atom stereocenters. The van der Waals surface area contributed by atoms with Crippen molar-refractivity contribution >= 4 is 23.2 Å². The highest BCUT2D eigenvalue weighted by molar-refractivity contribution is 6.30. The maximum absolute atomic E-state index is 12.4. The van der Waals surface area contributed by atoms with Gasteiger partial charge in [-0.25, -0.2) is 0 Å². The van der Waals surface area contributed by atoms with Crippen LogP contribution in [0.1, 0.15) is 17.9 Å². The summed E-state index contributed by atoms with van der Waals surface area (Å²) in [5.41, 5.74) is 1.64. The Bertz CT molecular complexity index is 786. The van der Waals surface area contributed by atoms with Crippen LogP contribution >= 0.6 is 11.6 Å². The Labute approximate surface area is 145 Å². The van der Waals surface area contributed by atoms with Crippen LogP contribution in [0.2, 0.25) is 5.02 Å². The zero-order chi connectivity index (χ0) is 17.1. The fourth-order valence-corrected chi connectivity index (χ4v) is 2.89. The fraction of sp³-hybridized carbons (Fsp3) is 0.333. The lowest BCUT2D eigenvalue weighted by molar-refractivity contribution is -0.117. The Balaban J connectivity index is 1.63. The van der Waals surface area contributed by atoms with E-state index in [1.807, 2.05) is 24.3 Å². The minimum absolute atomic E-state index is 0.0214. The van der Waals surface area contributed by atoms with Crippen LogP contribution in [0, 0.1) is 5.92 Å². The van der Waals surface area contributed by atoms with E-state index in [9.17, 15) is 9.59 Å². The lowest BCUT2D eigenvalue weighted by atomic mass is 10.1. The van der Waals surface area contributed by atoms with E-state index < -0.39 is 0 Å². The summed E-state index contributed by atoms with van der Waals surface area (Å²) >= 11 is 5.89. The van der Waals surface area contributed by atoms with Gasteiger partial charge in [0.2, 0.25) is 5.91 Å². The Morgan fingerprint density at radius 3 is 2.75 bits per heavy atom. The van der Waals surface area contributed by atoms with Crippen molar-refractivity contribution in [2.75, 3.05) is 19.0 Å². The average molecular weight is 347 g/mol. The number of amides is 1. The summed E-state index contributed by atoms with van der Waals surface area (Å²) in [5, 5.41) is 3.59. The van der Waals surface area contributed by atoms with Crippen LogP contribution in [0.3, 0.4) is 0 Å². The summed E-state index contributed by atoms with van der Waals surface area (Å²) in [7, 11) is 1.58. The van der Waals surface area contributed by atoms with Gasteiger partial charge in [0.15, 0.2) is 0 Å². The van der Waals surface area contributed by atoms with Gasteiger partial charge >= 0.3 is 0 Å². The molecular weight excluding hydrogens is 328 g/mol. The molecule has 1 fully saturated rings. The predicted molar refractivity (Wildman–Crippen MR) is 93.5 cm³/mol. The number of benzene rings is 1. The zero-order valence-corrected chi connectivity index (χ0v) is 14.1. The number of halogens is 1. The van der Waals surface area contributed by atoms with E-state index in [-0.39, 0.29) is 23.3 Å². The summed E-state index contributed by atoms with van der Waals surface area (Å²) in [4.78, 5) is 24.1. The van der Waals surface area contributed by atoms with Crippen molar-refractivity contribution in [3.05, 3.63) is 63.5 Å². The number of rotatable bonds is 6. The quantitative estimate of drug-likeness (QED) is 0.874. The molecule has 0 unspecified atom stereocenters. The molecule has 1 amide bonds. The molecule has 0 bridgehead atoms. The highest BCUT2D eigenvalue weighted by Gasteiger charge is 2.43. The molecule has 126 valence electrons. The lowest BCUT2D eigenvalue weighted by Crippen LogP contribution is -2.22. The zero-order valence-electron chi connectivity index (χ0n) is 13.4. The van der Waals surface area contributed by atoms with Crippen LogP contribution in [0.15, 0.2) is 47.4 Å². The maximum Gasteiger partial charge on any atom is 0.250 e. The summed E-state index contributed by atoms with van der Waals surface area (Å²) in [6, 6.07) is 10.7. The Morgan fingerprint density at radius 1 is 1.29 bits per heavy atom. The number of aromatic nitrogens is 1. The topological polar surface area (TPSA) is 60.3 Å². The molecule has 1 aliphatic rings. The Kier molecular flexibility index (Phi) is 5.02. The highest BCUT2D eigenvalue weighted by atomic mass is 35.5. The van der Waals surface area contributed by atoms with E-state index in [1.54, 1.807) is 19.4 Å². The van der Waals surface area contributed by atoms with Gasteiger partial charge in [-0.05, 0) is 36.1 Å². The predicted octanol–water partition coefficient (Wildman–Crippen LogP) is 2.89. The number of nitrogens with zero attached hydrogens (tertiary/aromatic N) is 1. The summed E-state index contributed by atoms with van der Waals surface area (Å²) in [6.07, 6.45) is 2.48. The molecule has 6 heteroatoms. The molecule has 1 N–H and O–H groups in total. The number of carbonyl (C=O) groups excluding carboxylic acids is 1. The number of hydrogen-bond donors (Lipinski definition) is 1. The van der Waals surface area contributed by atoms with Crippen molar-refractivity contribution in [3.8, 4) is 0 Å². The summed E-state index contributed by atoms with van der Waals surface area (Å²) in [5.74, 6) is 0.180. The van der Waals surface area contributed by atoms with E-state index in [1.165, 1.54) is 10.6 Å². The number of methoxy groups -OCH3 is 1. The average Bonchev–Trinajstić information content (AvgIpc) is 3.37. The normalized spacial score (nSPS) is 19.1. The number of nitrogens with one attached hydrogen (secondary N) is 1. The van der Waals surface area contributed by atoms with Crippen LogP contribution in [0.25, 0.3) is 0 Å². The SMILES string of the molecule is COCCn1cc(NC(=O)[C@@H]2C[C@H]2c2ccc(Cl)cc2)ccc1=O. The van der Waals surface area contributed by atoms with Gasteiger partial charge in [0.1, 0.15) is 0 Å². The smallest absolute Gasteiger partial charge is 0.250 e. The third kappa shape index (κ3) is 3.86. The van der Waals surface area contributed by atoms with Crippen molar-refractivity contribution < 1.29 is 9.53 Å². The molecule has 1 aliphatic carbocycles. The third-order valence-corrected chi connectivity index (χ3v) is 4.46. The van der Waals surface area contributed by atoms with E-state index >= 15 is 0 Å². The first-order chi connectivity index (χ1) is 11.6. The van der Waals surface area contributed by atoms with E-state index in [4.69, 9.17) is 16.3 Å². The van der Waals surface area contributed by atoms with Crippen molar-refractivity contribution in [1.82, 2.24) is 4.57 Å². The standard InChI is InChI=1S/C18H19ClN2O3/c1-24-9-8-21-11-14(6-7-17(21)22)20-18(23)16-10-15(16)12-2-4-13(19)5-3-12/h2-7,11,15-16H,8-10H2,1H3,(H,20,23)/t15-,16+/m0/s1. The lowest BCUT2D eigenvalue weighted by Gasteiger charge is -2.09. The van der Waals surface area contributed by atoms with Gasteiger partial charge in [-0.2, -0.15) is 0 Å². The Hall–Kier alpha value is -2.11.